The Labute approximate surface area is 107 Å². The molecule has 0 saturated heterocycles. The van der Waals surface area contributed by atoms with Crippen LogP contribution in [-0.4, -0.2) is 18.2 Å². The summed E-state index contributed by atoms with van der Waals surface area (Å²) in [4.78, 5) is 0. The molecule has 1 heterocycles. The first-order valence-electron chi connectivity index (χ1n) is 5.18. The summed E-state index contributed by atoms with van der Waals surface area (Å²) >= 11 is 0. The van der Waals surface area contributed by atoms with Gasteiger partial charge in [0.05, 0.1) is 11.4 Å². The third-order valence-electron chi connectivity index (χ3n) is 2.44. The average molecular weight is 290 g/mol. The summed E-state index contributed by atoms with van der Waals surface area (Å²) < 4.78 is 61.0. The van der Waals surface area contributed by atoms with Crippen LogP contribution in [0.4, 0.5) is 12.7 Å². The van der Waals surface area contributed by atoms with Crippen molar-refractivity contribution in [1.82, 2.24) is 9.78 Å². The van der Waals surface area contributed by atoms with Gasteiger partial charge in [0.15, 0.2) is 0 Å². The molecule has 4 nitrogen and oxygen atoms in total. The third kappa shape index (κ3) is 3.34. The fourth-order valence-electron chi connectivity index (χ4n) is 1.63. The van der Waals surface area contributed by atoms with Crippen molar-refractivity contribution >= 4 is 10.2 Å². The number of hydrogen-bond donors (Lipinski definition) is 0. The first-order valence-corrected chi connectivity index (χ1v) is 6.74. The summed E-state index contributed by atoms with van der Waals surface area (Å²) in [5.74, 6) is -2.40. The molecule has 0 unspecified atom stereocenters. The lowest BCUT2D eigenvalue weighted by molar-refractivity contribution is 0.551. The SMILES string of the molecule is Cc1nn(-c2cc(F)cc(F)c2)cc1CS(=O)(=O)F. The zero-order chi connectivity index (χ0) is 14.2. The summed E-state index contributed by atoms with van der Waals surface area (Å²) in [5, 5.41) is 3.90. The fraction of sp³-hybridized carbons (Fsp3) is 0.182. The molecule has 0 aliphatic carbocycles. The number of aryl methyl sites for hydroxylation is 1. The molecule has 102 valence electrons. The van der Waals surface area contributed by atoms with Crippen LogP contribution in [0.15, 0.2) is 24.4 Å². The van der Waals surface area contributed by atoms with Gasteiger partial charge in [-0.2, -0.15) is 13.5 Å². The van der Waals surface area contributed by atoms with Gasteiger partial charge in [-0.25, -0.2) is 13.5 Å². The first kappa shape index (κ1) is 13.6. The van der Waals surface area contributed by atoms with Gasteiger partial charge in [-0.1, -0.05) is 0 Å². The van der Waals surface area contributed by atoms with Gasteiger partial charge < -0.3 is 0 Å². The van der Waals surface area contributed by atoms with E-state index in [1.54, 1.807) is 0 Å². The number of aromatic nitrogens is 2. The minimum Gasteiger partial charge on any atom is -0.240 e. The van der Waals surface area contributed by atoms with Crippen LogP contribution in [0.25, 0.3) is 5.69 Å². The summed E-state index contributed by atoms with van der Waals surface area (Å²) in [7, 11) is -4.69. The lowest BCUT2D eigenvalue weighted by Gasteiger charge is -2.01. The maximum Gasteiger partial charge on any atom is 0.306 e. The second-order valence-electron chi connectivity index (χ2n) is 4.00. The summed E-state index contributed by atoms with van der Waals surface area (Å²) in [6.07, 6.45) is 1.22. The molecule has 0 bridgehead atoms. The number of rotatable bonds is 3. The van der Waals surface area contributed by atoms with E-state index in [0.29, 0.717) is 6.07 Å². The van der Waals surface area contributed by atoms with Crippen molar-refractivity contribution in [1.29, 1.82) is 0 Å². The van der Waals surface area contributed by atoms with Crippen LogP contribution in [0.2, 0.25) is 0 Å². The molecule has 1 aromatic carbocycles. The van der Waals surface area contributed by atoms with Gasteiger partial charge in [-0.15, -0.1) is 3.89 Å². The molecule has 0 fully saturated rings. The monoisotopic (exact) mass is 290 g/mol. The van der Waals surface area contributed by atoms with Gasteiger partial charge in [-0.3, -0.25) is 0 Å². The third-order valence-corrected chi connectivity index (χ3v) is 3.10. The van der Waals surface area contributed by atoms with Crippen molar-refractivity contribution in [3.8, 4) is 5.69 Å². The molecule has 0 aliphatic rings. The maximum atomic E-state index is 13.1. The van der Waals surface area contributed by atoms with Crippen LogP contribution in [-0.2, 0) is 16.0 Å². The lowest BCUT2D eigenvalue weighted by atomic mass is 10.3. The van der Waals surface area contributed by atoms with E-state index < -0.39 is 27.6 Å². The second-order valence-corrected chi connectivity index (χ2v) is 5.36. The molecule has 0 radical (unpaired) electrons. The molecule has 0 saturated carbocycles. The smallest absolute Gasteiger partial charge is 0.240 e. The normalized spacial score (nSPS) is 11.8. The Morgan fingerprint density at radius 2 is 1.79 bits per heavy atom. The Morgan fingerprint density at radius 1 is 1.21 bits per heavy atom. The maximum absolute atomic E-state index is 13.1. The predicted molar refractivity (Wildman–Crippen MR) is 61.9 cm³/mol. The molecule has 8 heteroatoms. The average Bonchev–Trinajstić information content (AvgIpc) is 2.56. The molecule has 0 aliphatic heterocycles. The van der Waals surface area contributed by atoms with Crippen LogP contribution in [0, 0.1) is 18.6 Å². The molecule has 0 N–H and O–H groups in total. The fourth-order valence-corrected chi connectivity index (χ4v) is 2.28. The highest BCUT2D eigenvalue weighted by molar-refractivity contribution is 7.85. The number of halogens is 3. The predicted octanol–water partition coefficient (Wildman–Crippen LogP) is 2.26. The highest BCUT2D eigenvalue weighted by Crippen LogP contribution is 2.17. The van der Waals surface area contributed by atoms with Gasteiger partial charge in [0, 0.05) is 17.8 Å². The highest BCUT2D eigenvalue weighted by Gasteiger charge is 2.15. The van der Waals surface area contributed by atoms with Gasteiger partial charge in [-0.05, 0) is 19.1 Å². The first-order chi connectivity index (χ1) is 8.74. The largest absolute Gasteiger partial charge is 0.306 e. The quantitative estimate of drug-likeness (QED) is 0.815. The Hall–Kier alpha value is -1.83. The van der Waals surface area contributed by atoms with Gasteiger partial charge in [0.2, 0.25) is 0 Å². The van der Waals surface area contributed by atoms with Crippen molar-refractivity contribution in [2.45, 2.75) is 12.7 Å². The van der Waals surface area contributed by atoms with Crippen molar-refractivity contribution in [3.05, 3.63) is 47.3 Å². The molecule has 19 heavy (non-hydrogen) atoms. The molecular weight excluding hydrogens is 281 g/mol. The minimum absolute atomic E-state index is 0.0862. The molecule has 1 aromatic heterocycles. The van der Waals surface area contributed by atoms with E-state index in [0.717, 1.165) is 16.8 Å². The zero-order valence-electron chi connectivity index (χ0n) is 9.77. The molecule has 2 rings (SSSR count). The Morgan fingerprint density at radius 3 is 2.32 bits per heavy atom. The Balaban J connectivity index is 2.44. The number of benzene rings is 1. The summed E-state index contributed by atoms with van der Waals surface area (Å²) in [5.41, 5.74) is 0.487. The number of nitrogens with zero attached hydrogens (tertiary/aromatic N) is 2. The summed E-state index contributed by atoms with van der Waals surface area (Å²) in [6, 6.07) is 2.76. The second kappa shape index (κ2) is 4.69. The molecule has 0 amide bonds. The van der Waals surface area contributed by atoms with E-state index in [9.17, 15) is 21.1 Å². The molecule has 0 atom stereocenters. The molecule has 2 aromatic rings. The Bertz CT molecular complexity index is 705. The molecule has 0 spiro atoms. The van der Waals surface area contributed by atoms with E-state index in [-0.39, 0.29) is 16.9 Å². The minimum atomic E-state index is -4.69. The van der Waals surface area contributed by atoms with E-state index in [1.165, 1.54) is 13.1 Å². The van der Waals surface area contributed by atoms with Crippen LogP contribution < -0.4 is 0 Å². The van der Waals surface area contributed by atoms with Crippen LogP contribution in [0.3, 0.4) is 0 Å². The van der Waals surface area contributed by atoms with E-state index in [1.807, 2.05) is 0 Å². The van der Waals surface area contributed by atoms with Crippen molar-refractivity contribution in [3.63, 3.8) is 0 Å². The topological polar surface area (TPSA) is 52.0 Å². The zero-order valence-corrected chi connectivity index (χ0v) is 10.6. The van der Waals surface area contributed by atoms with Crippen molar-refractivity contribution in [2.75, 3.05) is 0 Å². The lowest BCUT2D eigenvalue weighted by Crippen LogP contribution is -1.97. The highest BCUT2D eigenvalue weighted by atomic mass is 32.3. The van der Waals surface area contributed by atoms with E-state index >= 15 is 0 Å². The van der Waals surface area contributed by atoms with E-state index in [4.69, 9.17) is 0 Å². The van der Waals surface area contributed by atoms with Gasteiger partial charge in [0.25, 0.3) is 0 Å². The van der Waals surface area contributed by atoms with Crippen molar-refractivity contribution < 1.29 is 21.1 Å². The Kier molecular flexibility index (Phi) is 3.36. The van der Waals surface area contributed by atoms with Gasteiger partial charge in [0.1, 0.15) is 17.4 Å². The van der Waals surface area contributed by atoms with Crippen LogP contribution in [0.1, 0.15) is 11.3 Å². The van der Waals surface area contributed by atoms with Crippen LogP contribution in [0.5, 0.6) is 0 Å². The van der Waals surface area contributed by atoms with Crippen LogP contribution >= 0.6 is 0 Å². The molecular formula is C11H9F3N2O2S. The van der Waals surface area contributed by atoms with E-state index in [2.05, 4.69) is 5.10 Å². The standard InChI is InChI=1S/C11H9F3N2O2S/c1-7-8(6-19(14,17)18)5-16(15-7)11-3-9(12)2-10(13)4-11/h2-5H,6H2,1H3. The van der Waals surface area contributed by atoms with Gasteiger partial charge >= 0.3 is 10.2 Å². The summed E-state index contributed by atoms with van der Waals surface area (Å²) in [6.45, 7) is 1.48. The van der Waals surface area contributed by atoms with Crippen molar-refractivity contribution in [2.24, 2.45) is 0 Å². The number of hydrogen-bond acceptors (Lipinski definition) is 3.